The Labute approximate surface area is 159 Å². The molecule has 0 bridgehead atoms. The first-order chi connectivity index (χ1) is 12.8. The van der Waals surface area contributed by atoms with E-state index >= 15 is 0 Å². The SMILES string of the molecule is S=C(NC[C@@H]1CCCO1)N/N=C\c1ccc(OCc2ccccc2)cc1. The molecule has 0 amide bonds. The van der Waals surface area contributed by atoms with Crippen LogP contribution in [0.25, 0.3) is 0 Å². The van der Waals surface area contributed by atoms with Crippen molar-refractivity contribution in [2.75, 3.05) is 13.2 Å². The van der Waals surface area contributed by atoms with Gasteiger partial charge in [0.25, 0.3) is 0 Å². The lowest BCUT2D eigenvalue weighted by Crippen LogP contribution is -2.37. The molecule has 6 heteroatoms. The number of ether oxygens (including phenoxy) is 2. The van der Waals surface area contributed by atoms with Crippen LogP contribution in [-0.2, 0) is 11.3 Å². The Bertz CT molecular complexity index is 714. The van der Waals surface area contributed by atoms with Crippen LogP contribution in [0.3, 0.4) is 0 Å². The lowest BCUT2D eigenvalue weighted by molar-refractivity contribution is 0.114. The molecule has 1 aliphatic heterocycles. The summed E-state index contributed by atoms with van der Waals surface area (Å²) < 4.78 is 11.3. The third kappa shape index (κ3) is 6.13. The quantitative estimate of drug-likeness (QED) is 0.446. The van der Waals surface area contributed by atoms with Gasteiger partial charge in [-0.3, -0.25) is 5.43 Å². The monoisotopic (exact) mass is 369 g/mol. The van der Waals surface area contributed by atoms with Gasteiger partial charge in [-0.2, -0.15) is 5.10 Å². The van der Waals surface area contributed by atoms with Crippen LogP contribution in [-0.4, -0.2) is 30.6 Å². The van der Waals surface area contributed by atoms with E-state index in [0.29, 0.717) is 11.7 Å². The summed E-state index contributed by atoms with van der Waals surface area (Å²) in [4.78, 5) is 0. The molecule has 1 fully saturated rings. The highest BCUT2D eigenvalue weighted by Crippen LogP contribution is 2.13. The molecular weight excluding hydrogens is 346 g/mol. The van der Waals surface area contributed by atoms with E-state index in [1.165, 1.54) is 0 Å². The van der Waals surface area contributed by atoms with Crippen LogP contribution in [0.4, 0.5) is 0 Å². The van der Waals surface area contributed by atoms with Gasteiger partial charge in [0.1, 0.15) is 12.4 Å². The molecule has 3 rings (SSSR count). The van der Waals surface area contributed by atoms with E-state index in [1.807, 2.05) is 54.6 Å². The van der Waals surface area contributed by atoms with Crippen molar-refractivity contribution in [1.29, 1.82) is 0 Å². The van der Waals surface area contributed by atoms with Crippen molar-refractivity contribution < 1.29 is 9.47 Å². The summed E-state index contributed by atoms with van der Waals surface area (Å²) in [5.41, 5.74) is 4.93. The molecule has 0 aromatic heterocycles. The van der Waals surface area contributed by atoms with Crippen molar-refractivity contribution in [3.63, 3.8) is 0 Å². The van der Waals surface area contributed by atoms with Crippen molar-refractivity contribution in [3.8, 4) is 5.75 Å². The van der Waals surface area contributed by atoms with Crippen LogP contribution in [0, 0.1) is 0 Å². The molecule has 1 aliphatic rings. The van der Waals surface area contributed by atoms with E-state index in [4.69, 9.17) is 21.7 Å². The van der Waals surface area contributed by atoms with Gasteiger partial charge in [0.05, 0.1) is 12.3 Å². The highest BCUT2D eigenvalue weighted by molar-refractivity contribution is 7.80. The molecule has 0 saturated carbocycles. The summed E-state index contributed by atoms with van der Waals surface area (Å²) >= 11 is 5.19. The lowest BCUT2D eigenvalue weighted by Gasteiger charge is -2.11. The minimum atomic E-state index is 0.252. The van der Waals surface area contributed by atoms with Crippen LogP contribution >= 0.6 is 12.2 Å². The predicted molar refractivity (Wildman–Crippen MR) is 108 cm³/mol. The normalized spacial score (nSPS) is 16.5. The fourth-order valence-corrected chi connectivity index (χ4v) is 2.74. The summed E-state index contributed by atoms with van der Waals surface area (Å²) in [5, 5.41) is 7.76. The number of hydrazone groups is 1. The molecule has 1 saturated heterocycles. The third-order valence-electron chi connectivity index (χ3n) is 4.02. The number of nitrogens with one attached hydrogen (secondary N) is 2. The second-order valence-corrected chi connectivity index (χ2v) is 6.47. The number of nitrogens with zero attached hydrogens (tertiary/aromatic N) is 1. The van der Waals surface area contributed by atoms with Crippen LogP contribution in [0.2, 0.25) is 0 Å². The molecule has 0 radical (unpaired) electrons. The Kier molecular flexibility index (Phi) is 6.98. The summed E-state index contributed by atoms with van der Waals surface area (Å²) in [5.74, 6) is 0.827. The number of hydrogen-bond donors (Lipinski definition) is 2. The van der Waals surface area contributed by atoms with E-state index in [9.17, 15) is 0 Å². The van der Waals surface area contributed by atoms with Crippen LogP contribution in [0.5, 0.6) is 5.75 Å². The predicted octanol–water partition coefficient (Wildman–Crippen LogP) is 3.24. The smallest absolute Gasteiger partial charge is 0.187 e. The van der Waals surface area contributed by atoms with Crippen LogP contribution in [0.15, 0.2) is 59.7 Å². The molecule has 1 atom stereocenters. The Morgan fingerprint density at radius 1 is 1.19 bits per heavy atom. The highest BCUT2D eigenvalue weighted by atomic mass is 32.1. The van der Waals surface area contributed by atoms with Gasteiger partial charge in [-0.25, -0.2) is 0 Å². The van der Waals surface area contributed by atoms with Gasteiger partial charge in [-0.1, -0.05) is 30.3 Å². The molecule has 5 nitrogen and oxygen atoms in total. The van der Waals surface area contributed by atoms with Crippen LogP contribution < -0.4 is 15.5 Å². The topological polar surface area (TPSA) is 54.9 Å². The molecule has 26 heavy (non-hydrogen) atoms. The van der Waals surface area contributed by atoms with Crippen LogP contribution in [0.1, 0.15) is 24.0 Å². The Balaban J connectivity index is 1.39. The highest BCUT2D eigenvalue weighted by Gasteiger charge is 2.14. The zero-order valence-electron chi connectivity index (χ0n) is 14.6. The van der Waals surface area contributed by atoms with Gasteiger partial charge in [-0.15, -0.1) is 0 Å². The Morgan fingerprint density at radius 3 is 2.73 bits per heavy atom. The molecule has 0 unspecified atom stereocenters. The Morgan fingerprint density at radius 2 is 2.00 bits per heavy atom. The first kappa shape index (κ1) is 18.4. The largest absolute Gasteiger partial charge is 0.489 e. The molecule has 1 heterocycles. The van der Waals surface area contributed by atoms with Gasteiger partial charge < -0.3 is 14.8 Å². The van der Waals surface area contributed by atoms with Gasteiger partial charge in [-0.05, 0) is 60.5 Å². The van der Waals surface area contributed by atoms with Crippen molar-refractivity contribution in [1.82, 2.24) is 10.7 Å². The average molecular weight is 369 g/mol. The maximum atomic E-state index is 5.77. The number of rotatable bonds is 7. The van der Waals surface area contributed by atoms with Gasteiger partial charge in [0.2, 0.25) is 0 Å². The van der Waals surface area contributed by atoms with Crippen molar-refractivity contribution in [2.45, 2.75) is 25.6 Å². The molecule has 136 valence electrons. The zero-order valence-corrected chi connectivity index (χ0v) is 15.4. The van der Waals surface area contributed by atoms with E-state index in [-0.39, 0.29) is 6.10 Å². The second kappa shape index (κ2) is 9.89. The van der Waals surface area contributed by atoms with Crippen molar-refractivity contribution in [2.24, 2.45) is 5.10 Å². The Hall–Kier alpha value is -2.44. The first-order valence-corrected chi connectivity index (χ1v) is 9.16. The van der Waals surface area contributed by atoms with E-state index < -0.39 is 0 Å². The summed E-state index contributed by atoms with van der Waals surface area (Å²) in [7, 11) is 0. The first-order valence-electron chi connectivity index (χ1n) is 8.75. The second-order valence-electron chi connectivity index (χ2n) is 6.06. The van der Waals surface area contributed by atoms with Crippen molar-refractivity contribution >= 4 is 23.5 Å². The molecule has 0 aliphatic carbocycles. The molecule has 2 N–H and O–H groups in total. The number of benzene rings is 2. The molecule has 0 spiro atoms. The summed E-state index contributed by atoms with van der Waals surface area (Å²) in [6.45, 7) is 2.12. The minimum absolute atomic E-state index is 0.252. The molecular formula is C20H23N3O2S. The van der Waals surface area contributed by atoms with Gasteiger partial charge in [0.15, 0.2) is 5.11 Å². The summed E-state index contributed by atoms with van der Waals surface area (Å²) in [6.07, 6.45) is 4.18. The minimum Gasteiger partial charge on any atom is -0.489 e. The van der Waals surface area contributed by atoms with Gasteiger partial charge >= 0.3 is 0 Å². The summed E-state index contributed by atoms with van der Waals surface area (Å²) in [6, 6.07) is 17.9. The maximum Gasteiger partial charge on any atom is 0.187 e. The maximum absolute atomic E-state index is 5.77. The van der Waals surface area contributed by atoms with E-state index in [1.54, 1.807) is 6.21 Å². The van der Waals surface area contributed by atoms with E-state index in [0.717, 1.165) is 42.9 Å². The molecule has 2 aromatic carbocycles. The van der Waals surface area contributed by atoms with E-state index in [2.05, 4.69) is 15.8 Å². The average Bonchev–Trinajstić information content (AvgIpc) is 3.20. The zero-order chi connectivity index (χ0) is 18.0. The number of thiocarbonyl (C=S) groups is 1. The fraction of sp³-hybridized carbons (Fsp3) is 0.300. The third-order valence-corrected chi connectivity index (χ3v) is 4.26. The lowest BCUT2D eigenvalue weighted by atomic mass is 10.2. The fourth-order valence-electron chi connectivity index (χ4n) is 2.61. The van der Waals surface area contributed by atoms with Gasteiger partial charge in [0, 0.05) is 13.2 Å². The van der Waals surface area contributed by atoms with Crippen molar-refractivity contribution in [3.05, 3.63) is 65.7 Å². The molecule has 2 aromatic rings. The number of hydrogen-bond acceptors (Lipinski definition) is 4. The standard InChI is InChI=1S/C20H23N3O2S/c26-20(21-14-19-7-4-12-24-19)23-22-13-16-8-10-18(11-9-16)25-15-17-5-2-1-3-6-17/h1-3,5-6,8-11,13,19H,4,7,12,14-15H2,(H2,21,23,26)/b22-13-/t19-/m0/s1.